The monoisotopic (exact) mass is 340 g/mol. The number of ether oxygens (including phenoxy) is 1. The Morgan fingerprint density at radius 2 is 1.88 bits per heavy atom. The predicted molar refractivity (Wildman–Crippen MR) is 97.8 cm³/mol. The van der Waals surface area contributed by atoms with Crippen LogP contribution in [0.5, 0.6) is 5.75 Å². The van der Waals surface area contributed by atoms with Gasteiger partial charge in [-0.15, -0.1) is 0 Å². The van der Waals surface area contributed by atoms with E-state index in [2.05, 4.69) is 11.1 Å². The quantitative estimate of drug-likeness (QED) is 0.715. The number of aromatic nitrogens is 1. The molecule has 25 heavy (non-hydrogen) atoms. The molecule has 1 atom stereocenters. The summed E-state index contributed by atoms with van der Waals surface area (Å²) >= 11 is 0. The second-order valence-electron chi connectivity index (χ2n) is 6.56. The third kappa shape index (κ3) is 4.81. The number of aliphatic hydroxyl groups is 1. The number of hydrogen-bond donors (Lipinski definition) is 1. The lowest BCUT2D eigenvalue weighted by Crippen LogP contribution is -2.32. The summed E-state index contributed by atoms with van der Waals surface area (Å²) in [4.78, 5) is 6.42. The second kappa shape index (κ2) is 7.68. The highest BCUT2D eigenvalue weighted by Gasteiger charge is 2.13. The van der Waals surface area contributed by atoms with Crippen molar-refractivity contribution in [2.24, 2.45) is 0 Å². The first-order chi connectivity index (χ1) is 12.0. The van der Waals surface area contributed by atoms with Crippen LogP contribution in [0, 0.1) is 13.8 Å². The van der Waals surface area contributed by atoms with E-state index in [1.165, 1.54) is 0 Å². The first-order valence-electron chi connectivity index (χ1n) is 8.42. The summed E-state index contributed by atoms with van der Waals surface area (Å²) in [5, 5.41) is 10.2. The van der Waals surface area contributed by atoms with Crippen molar-refractivity contribution in [2.75, 3.05) is 20.2 Å². The SMILES string of the molecule is Cc1cc(C)cc(OCC(O)CN(C)Cc2nc3ccccc3o2)c1. The van der Waals surface area contributed by atoms with Crippen molar-refractivity contribution in [2.45, 2.75) is 26.5 Å². The van der Waals surface area contributed by atoms with Crippen LogP contribution in [0.15, 0.2) is 46.9 Å². The third-order valence-corrected chi connectivity index (χ3v) is 3.90. The van der Waals surface area contributed by atoms with Crippen LogP contribution < -0.4 is 4.74 Å². The van der Waals surface area contributed by atoms with Gasteiger partial charge in [-0.25, -0.2) is 4.98 Å². The van der Waals surface area contributed by atoms with Crippen molar-refractivity contribution in [3.8, 4) is 5.75 Å². The Morgan fingerprint density at radius 1 is 1.16 bits per heavy atom. The van der Waals surface area contributed by atoms with Crippen molar-refractivity contribution < 1.29 is 14.3 Å². The number of nitrogens with zero attached hydrogens (tertiary/aromatic N) is 2. The third-order valence-electron chi connectivity index (χ3n) is 3.90. The summed E-state index contributed by atoms with van der Waals surface area (Å²) in [7, 11) is 1.93. The van der Waals surface area contributed by atoms with Gasteiger partial charge in [-0.05, 0) is 56.3 Å². The highest BCUT2D eigenvalue weighted by Crippen LogP contribution is 2.17. The van der Waals surface area contributed by atoms with Crippen LogP contribution in [-0.4, -0.2) is 41.3 Å². The van der Waals surface area contributed by atoms with E-state index in [1.807, 2.05) is 62.2 Å². The van der Waals surface area contributed by atoms with Gasteiger partial charge >= 0.3 is 0 Å². The molecule has 0 radical (unpaired) electrons. The molecule has 0 bridgehead atoms. The van der Waals surface area contributed by atoms with Gasteiger partial charge in [0.1, 0.15) is 24.0 Å². The number of para-hydroxylation sites is 2. The molecule has 1 heterocycles. The second-order valence-corrected chi connectivity index (χ2v) is 6.56. The standard InChI is InChI=1S/C20H24N2O3/c1-14-8-15(2)10-17(9-14)24-13-16(23)11-22(3)12-20-21-18-6-4-5-7-19(18)25-20/h4-10,16,23H,11-13H2,1-3H3. The fourth-order valence-corrected chi connectivity index (χ4v) is 2.90. The van der Waals surface area contributed by atoms with Gasteiger partial charge in [0.15, 0.2) is 5.58 Å². The Kier molecular flexibility index (Phi) is 5.36. The molecule has 5 heteroatoms. The number of aliphatic hydroxyl groups excluding tert-OH is 1. The van der Waals surface area contributed by atoms with Gasteiger partial charge in [0.25, 0.3) is 0 Å². The molecule has 0 aliphatic carbocycles. The van der Waals surface area contributed by atoms with Crippen molar-refractivity contribution in [1.29, 1.82) is 0 Å². The van der Waals surface area contributed by atoms with E-state index in [-0.39, 0.29) is 6.61 Å². The summed E-state index contributed by atoms with van der Waals surface area (Å²) < 4.78 is 11.4. The Labute approximate surface area is 147 Å². The lowest BCUT2D eigenvalue weighted by Gasteiger charge is -2.19. The number of oxazole rings is 1. The van der Waals surface area contributed by atoms with Crippen LogP contribution in [0.3, 0.4) is 0 Å². The highest BCUT2D eigenvalue weighted by molar-refractivity contribution is 5.72. The summed E-state index contributed by atoms with van der Waals surface area (Å²) in [6.07, 6.45) is -0.588. The molecule has 0 spiro atoms. The molecule has 1 N–H and O–H groups in total. The lowest BCUT2D eigenvalue weighted by atomic mass is 10.1. The van der Waals surface area contributed by atoms with E-state index in [1.54, 1.807) is 0 Å². The fourth-order valence-electron chi connectivity index (χ4n) is 2.90. The molecule has 1 aromatic heterocycles. The summed E-state index contributed by atoms with van der Waals surface area (Å²) in [5.74, 6) is 1.43. The van der Waals surface area contributed by atoms with E-state index in [0.717, 1.165) is 28.0 Å². The first kappa shape index (κ1) is 17.5. The van der Waals surface area contributed by atoms with Crippen LogP contribution in [-0.2, 0) is 6.54 Å². The largest absolute Gasteiger partial charge is 0.491 e. The summed E-state index contributed by atoms with van der Waals surface area (Å²) in [6.45, 7) is 5.33. The number of aryl methyl sites for hydroxylation is 2. The average molecular weight is 340 g/mol. The molecule has 2 aromatic carbocycles. The van der Waals surface area contributed by atoms with Gasteiger partial charge < -0.3 is 14.3 Å². The minimum atomic E-state index is -0.588. The Morgan fingerprint density at radius 3 is 2.60 bits per heavy atom. The van der Waals surface area contributed by atoms with E-state index in [0.29, 0.717) is 19.0 Å². The highest BCUT2D eigenvalue weighted by atomic mass is 16.5. The number of rotatable bonds is 7. The zero-order chi connectivity index (χ0) is 17.8. The van der Waals surface area contributed by atoms with Gasteiger partial charge in [-0.2, -0.15) is 0 Å². The van der Waals surface area contributed by atoms with Crippen molar-refractivity contribution >= 4 is 11.1 Å². The maximum absolute atomic E-state index is 10.2. The minimum absolute atomic E-state index is 0.251. The molecule has 0 aliphatic heterocycles. The van der Waals surface area contributed by atoms with Gasteiger partial charge in [-0.1, -0.05) is 18.2 Å². The zero-order valence-electron chi connectivity index (χ0n) is 14.9. The molecule has 3 rings (SSSR count). The zero-order valence-corrected chi connectivity index (χ0v) is 14.9. The van der Waals surface area contributed by atoms with Crippen LogP contribution >= 0.6 is 0 Å². The lowest BCUT2D eigenvalue weighted by molar-refractivity contribution is 0.0721. The summed E-state index contributed by atoms with van der Waals surface area (Å²) in [6, 6.07) is 13.7. The van der Waals surface area contributed by atoms with Crippen molar-refractivity contribution in [3.05, 3.63) is 59.5 Å². The van der Waals surface area contributed by atoms with E-state index in [4.69, 9.17) is 9.15 Å². The maximum atomic E-state index is 10.2. The van der Waals surface area contributed by atoms with Gasteiger partial charge in [0, 0.05) is 6.54 Å². The van der Waals surface area contributed by atoms with Gasteiger partial charge in [0.2, 0.25) is 5.89 Å². The molecule has 132 valence electrons. The van der Waals surface area contributed by atoms with Crippen LogP contribution in [0.2, 0.25) is 0 Å². The molecular formula is C20H24N2O3. The number of likely N-dealkylation sites (N-methyl/N-ethyl adjacent to an activating group) is 1. The molecule has 0 amide bonds. The Balaban J connectivity index is 1.50. The van der Waals surface area contributed by atoms with Crippen molar-refractivity contribution in [3.63, 3.8) is 0 Å². The normalized spacial score (nSPS) is 12.7. The van der Waals surface area contributed by atoms with Crippen LogP contribution in [0.4, 0.5) is 0 Å². The first-order valence-corrected chi connectivity index (χ1v) is 8.42. The fraction of sp³-hybridized carbons (Fsp3) is 0.350. The van der Waals surface area contributed by atoms with Crippen LogP contribution in [0.1, 0.15) is 17.0 Å². The molecule has 0 saturated carbocycles. The molecule has 0 aliphatic rings. The molecule has 5 nitrogen and oxygen atoms in total. The molecule has 0 saturated heterocycles. The molecule has 0 fully saturated rings. The number of fused-ring (bicyclic) bond motifs is 1. The number of benzene rings is 2. The Hall–Kier alpha value is -2.37. The average Bonchev–Trinajstić information content (AvgIpc) is 2.94. The smallest absolute Gasteiger partial charge is 0.209 e. The van der Waals surface area contributed by atoms with Crippen molar-refractivity contribution in [1.82, 2.24) is 9.88 Å². The summed E-state index contributed by atoms with van der Waals surface area (Å²) in [5.41, 5.74) is 3.93. The van der Waals surface area contributed by atoms with E-state index in [9.17, 15) is 5.11 Å². The Bertz CT molecular complexity index is 791. The molecule has 1 unspecified atom stereocenters. The molecule has 3 aromatic rings. The minimum Gasteiger partial charge on any atom is -0.491 e. The predicted octanol–water partition coefficient (Wildman–Crippen LogP) is 3.32. The molecular weight excluding hydrogens is 316 g/mol. The number of hydrogen-bond acceptors (Lipinski definition) is 5. The van der Waals surface area contributed by atoms with Crippen LogP contribution in [0.25, 0.3) is 11.1 Å². The topological polar surface area (TPSA) is 58.7 Å². The van der Waals surface area contributed by atoms with E-state index >= 15 is 0 Å². The maximum Gasteiger partial charge on any atom is 0.209 e. The van der Waals surface area contributed by atoms with Gasteiger partial charge in [-0.3, -0.25) is 4.90 Å². The van der Waals surface area contributed by atoms with Gasteiger partial charge in [0.05, 0.1) is 6.54 Å². The van der Waals surface area contributed by atoms with E-state index < -0.39 is 6.10 Å².